The number of anilines is 1. The van der Waals surface area contributed by atoms with E-state index in [0.717, 1.165) is 11.5 Å². The van der Waals surface area contributed by atoms with Crippen LogP contribution in [0.1, 0.15) is 12.6 Å². The molecule has 1 aliphatic heterocycles. The molecule has 0 saturated heterocycles. The molecule has 3 heterocycles. The van der Waals surface area contributed by atoms with Crippen molar-refractivity contribution in [3.63, 3.8) is 0 Å². The van der Waals surface area contributed by atoms with E-state index in [1.54, 1.807) is 6.07 Å². The molecular weight excluding hydrogens is 269 g/mol. The van der Waals surface area contributed by atoms with Crippen LogP contribution < -0.4 is 5.32 Å². The van der Waals surface area contributed by atoms with Crippen molar-refractivity contribution in [3.05, 3.63) is 47.7 Å². The molecule has 1 N–H and O–H groups in total. The van der Waals surface area contributed by atoms with Crippen LogP contribution in [0.25, 0.3) is 11.4 Å². The molecule has 21 heavy (non-hydrogen) atoms. The van der Waals surface area contributed by atoms with E-state index in [9.17, 15) is 4.39 Å². The highest BCUT2D eigenvalue weighted by Crippen LogP contribution is 2.18. The Morgan fingerprint density at radius 1 is 1.19 bits per heavy atom. The van der Waals surface area contributed by atoms with Crippen LogP contribution >= 0.6 is 0 Å². The SMILES string of the molecule is CC1=CC(Nc2cc(C)nc(-c3ccc(F)nc3)n2)=NC1. The van der Waals surface area contributed by atoms with Gasteiger partial charge in [-0.05, 0) is 37.6 Å². The van der Waals surface area contributed by atoms with Crippen LogP contribution in [0.15, 0.2) is 41.0 Å². The van der Waals surface area contributed by atoms with Crippen molar-refractivity contribution in [3.8, 4) is 11.4 Å². The lowest BCUT2D eigenvalue weighted by atomic mass is 10.2. The van der Waals surface area contributed by atoms with Gasteiger partial charge in [0.25, 0.3) is 0 Å². The van der Waals surface area contributed by atoms with Crippen molar-refractivity contribution in [2.45, 2.75) is 13.8 Å². The Balaban J connectivity index is 1.91. The third-order valence-electron chi connectivity index (χ3n) is 2.98. The maximum Gasteiger partial charge on any atom is 0.212 e. The van der Waals surface area contributed by atoms with Gasteiger partial charge in [-0.25, -0.2) is 15.0 Å². The minimum Gasteiger partial charge on any atom is -0.325 e. The van der Waals surface area contributed by atoms with Crippen molar-refractivity contribution < 1.29 is 4.39 Å². The number of aromatic nitrogens is 3. The summed E-state index contributed by atoms with van der Waals surface area (Å²) in [6, 6.07) is 4.74. The molecule has 0 bridgehead atoms. The van der Waals surface area contributed by atoms with E-state index in [0.29, 0.717) is 23.8 Å². The maximum atomic E-state index is 12.9. The first-order valence-corrected chi connectivity index (χ1v) is 6.56. The van der Waals surface area contributed by atoms with E-state index in [4.69, 9.17) is 0 Å². The molecule has 0 fully saturated rings. The van der Waals surface area contributed by atoms with Crippen LogP contribution in [0.4, 0.5) is 10.2 Å². The van der Waals surface area contributed by atoms with Crippen LogP contribution in [0.5, 0.6) is 0 Å². The normalized spacial score (nSPS) is 13.9. The van der Waals surface area contributed by atoms with Gasteiger partial charge in [0.05, 0.1) is 6.54 Å². The summed E-state index contributed by atoms with van der Waals surface area (Å²) in [6.07, 6.45) is 3.40. The largest absolute Gasteiger partial charge is 0.325 e. The molecule has 0 saturated carbocycles. The fourth-order valence-corrected chi connectivity index (χ4v) is 2.01. The van der Waals surface area contributed by atoms with Crippen molar-refractivity contribution in [2.24, 2.45) is 4.99 Å². The minimum atomic E-state index is -0.523. The van der Waals surface area contributed by atoms with Crippen LogP contribution in [0.2, 0.25) is 0 Å². The monoisotopic (exact) mass is 283 g/mol. The van der Waals surface area contributed by atoms with Gasteiger partial charge in [-0.15, -0.1) is 0 Å². The molecule has 5 nitrogen and oxygen atoms in total. The van der Waals surface area contributed by atoms with Crippen molar-refractivity contribution in [1.82, 2.24) is 15.0 Å². The van der Waals surface area contributed by atoms with E-state index in [1.807, 2.05) is 26.0 Å². The molecule has 6 heteroatoms. The predicted octanol–water partition coefficient (Wildman–Crippen LogP) is 2.76. The second-order valence-electron chi connectivity index (χ2n) is 4.90. The Morgan fingerprint density at radius 3 is 2.71 bits per heavy atom. The fraction of sp³-hybridized carbons (Fsp3) is 0.200. The molecule has 0 aromatic carbocycles. The lowest BCUT2D eigenvalue weighted by Crippen LogP contribution is -2.10. The summed E-state index contributed by atoms with van der Waals surface area (Å²) in [5, 5.41) is 3.16. The number of aryl methyl sites for hydroxylation is 1. The molecule has 2 aromatic heterocycles. The fourth-order valence-electron chi connectivity index (χ4n) is 2.01. The molecule has 0 spiro atoms. The van der Waals surface area contributed by atoms with Gasteiger partial charge in [-0.2, -0.15) is 4.39 Å². The zero-order valence-electron chi connectivity index (χ0n) is 11.8. The number of aliphatic imine (C=N–C) groups is 1. The highest BCUT2D eigenvalue weighted by atomic mass is 19.1. The number of hydrogen-bond acceptors (Lipinski definition) is 5. The predicted molar refractivity (Wildman–Crippen MR) is 79.6 cm³/mol. The summed E-state index contributed by atoms with van der Waals surface area (Å²) in [6.45, 7) is 4.62. The topological polar surface area (TPSA) is 63.1 Å². The molecule has 1 aliphatic rings. The van der Waals surface area contributed by atoms with Gasteiger partial charge in [0.2, 0.25) is 5.95 Å². The summed E-state index contributed by atoms with van der Waals surface area (Å²) in [4.78, 5) is 16.8. The van der Waals surface area contributed by atoms with E-state index in [2.05, 4.69) is 25.3 Å². The number of pyridine rings is 1. The number of amidine groups is 1. The quantitative estimate of drug-likeness (QED) is 0.861. The molecule has 0 unspecified atom stereocenters. The molecule has 3 rings (SSSR count). The molecule has 0 amide bonds. The molecule has 2 aromatic rings. The van der Waals surface area contributed by atoms with Gasteiger partial charge in [0, 0.05) is 23.5 Å². The standard InChI is InChI=1S/C15H14FN5/c1-9-5-13(18-7-9)20-14-6-10(2)19-15(21-14)11-3-4-12(16)17-8-11/h3-6,8H,7H2,1-2H3,(H,18,19,20,21). The molecule has 106 valence electrons. The highest BCUT2D eigenvalue weighted by molar-refractivity contribution is 6.05. The molecule has 0 atom stereocenters. The first-order valence-electron chi connectivity index (χ1n) is 6.56. The summed E-state index contributed by atoms with van der Waals surface area (Å²) in [7, 11) is 0. The number of nitrogens with one attached hydrogen (secondary N) is 1. The summed E-state index contributed by atoms with van der Waals surface area (Å²) in [5.41, 5.74) is 2.68. The Kier molecular flexibility index (Phi) is 3.43. The second kappa shape index (κ2) is 5.40. The van der Waals surface area contributed by atoms with Gasteiger partial charge < -0.3 is 5.32 Å². The van der Waals surface area contributed by atoms with E-state index >= 15 is 0 Å². The Bertz CT molecular complexity index is 734. The minimum absolute atomic E-state index is 0.504. The van der Waals surface area contributed by atoms with E-state index in [1.165, 1.54) is 17.8 Å². The van der Waals surface area contributed by atoms with Gasteiger partial charge >= 0.3 is 0 Å². The maximum absolute atomic E-state index is 12.9. The average Bonchev–Trinajstić information content (AvgIpc) is 2.84. The summed E-state index contributed by atoms with van der Waals surface area (Å²) >= 11 is 0. The molecule has 0 aliphatic carbocycles. The molecular formula is C15H14FN5. The second-order valence-corrected chi connectivity index (χ2v) is 4.90. The number of halogens is 1. The first-order chi connectivity index (χ1) is 10.1. The van der Waals surface area contributed by atoms with Crippen molar-refractivity contribution in [1.29, 1.82) is 0 Å². The van der Waals surface area contributed by atoms with Crippen LogP contribution in [-0.4, -0.2) is 27.3 Å². The third kappa shape index (κ3) is 3.10. The highest BCUT2D eigenvalue weighted by Gasteiger charge is 2.09. The zero-order chi connectivity index (χ0) is 14.8. The Labute approximate surface area is 121 Å². The Morgan fingerprint density at radius 2 is 2.05 bits per heavy atom. The lowest BCUT2D eigenvalue weighted by Gasteiger charge is -2.07. The van der Waals surface area contributed by atoms with Crippen LogP contribution in [0.3, 0.4) is 0 Å². The summed E-state index contributed by atoms with van der Waals surface area (Å²) < 4.78 is 12.9. The van der Waals surface area contributed by atoms with Crippen molar-refractivity contribution >= 4 is 11.7 Å². The number of nitrogens with zero attached hydrogens (tertiary/aromatic N) is 4. The van der Waals surface area contributed by atoms with Gasteiger partial charge in [0.15, 0.2) is 5.82 Å². The zero-order valence-corrected chi connectivity index (χ0v) is 11.8. The summed E-state index contributed by atoms with van der Waals surface area (Å²) in [5.74, 6) is 1.43. The third-order valence-corrected chi connectivity index (χ3v) is 2.98. The average molecular weight is 283 g/mol. The first kappa shape index (κ1) is 13.4. The van der Waals surface area contributed by atoms with Crippen LogP contribution in [0, 0.1) is 12.9 Å². The van der Waals surface area contributed by atoms with Gasteiger partial charge in [-0.3, -0.25) is 4.99 Å². The van der Waals surface area contributed by atoms with E-state index in [-0.39, 0.29) is 0 Å². The van der Waals surface area contributed by atoms with Crippen molar-refractivity contribution in [2.75, 3.05) is 11.9 Å². The van der Waals surface area contributed by atoms with Gasteiger partial charge in [0.1, 0.15) is 11.7 Å². The Hall–Kier alpha value is -2.63. The van der Waals surface area contributed by atoms with Crippen LogP contribution in [-0.2, 0) is 0 Å². The molecule has 0 radical (unpaired) electrons. The smallest absolute Gasteiger partial charge is 0.212 e. The van der Waals surface area contributed by atoms with Gasteiger partial charge in [-0.1, -0.05) is 0 Å². The lowest BCUT2D eigenvalue weighted by molar-refractivity contribution is 0.584. The number of rotatable bonds is 2. The number of hydrogen-bond donors (Lipinski definition) is 1. The van der Waals surface area contributed by atoms with E-state index < -0.39 is 5.95 Å².